The number of hydrogen-bond acceptors (Lipinski definition) is 3. The third-order valence-electron chi connectivity index (χ3n) is 4.25. The average molecular weight is 290 g/mol. The minimum atomic E-state index is -0.947. The molecule has 2 unspecified atom stereocenters. The molecule has 21 heavy (non-hydrogen) atoms. The molecule has 5 heteroatoms. The predicted octanol–water partition coefficient (Wildman–Crippen LogP) is 2.04. The van der Waals surface area contributed by atoms with Crippen LogP contribution < -0.4 is 10.6 Å². The highest BCUT2D eigenvalue weighted by Gasteiger charge is 2.29. The van der Waals surface area contributed by atoms with Crippen molar-refractivity contribution in [2.24, 2.45) is 11.7 Å². The lowest BCUT2D eigenvalue weighted by Gasteiger charge is -2.33. The Morgan fingerprint density at radius 1 is 1.43 bits per heavy atom. The zero-order chi connectivity index (χ0) is 15.6. The van der Waals surface area contributed by atoms with E-state index in [1.54, 1.807) is 23.1 Å². The number of anilines is 1. The van der Waals surface area contributed by atoms with Gasteiger partial charge in [-0.15, -0.1) is 0 Å². The first-order valence-electron chi connectivity index (χ1n) is 7.38. The summed E-state index contributed by atoms with van der Waals surface area (Å²) in [6.07, 6.45) is 2.47. The molecule has 0 aliphatic carbocycles. The van der Waals surface area contributed by atoms with Gasteiger partial charge in [-0.25, -0.2) is 4.79 Å². The minimum absolute atomic E-state index is 0.0756. The van der Waals surface area contributed by atoms with Crippen molar-refractivity contribution in [3.63, 3.8) is 0 Å². The van der Waals surface area contributed by atoms with Crippen LogP contribution in [0.5, 0.6) is 0 Å². The van der Waals surface area contributed by atoms with Crippen LogP contribution >= 0.6 is 0 Å². The number of nitrogens with two attached hydrogens (primary N) is 1. The summed E-state index contributed by atoms with van der Waals surface area (Å²) in [7, 11) is 0. The highest BCUT2D eigenvalue weighted by molar-refractivity contribution is 5.99. The van der Waals surface area contributed by atoms with E-state index in [1.165, 1.54) is 0 Å². The Labute approximate surface area is 124 Å². The number of amides is 1. The van der Waals surface area contributed by atoms with Crippen molar-refractivity contribution in [3.05, 3.63) is 29.3 Å². The van der Waals surface area contributed by atoms with Gasteiger partial charge < -0.3 is 15.7 Å². The van der Waals surface area contributed by atoms with Crippen molar-refractivity contribution in [1.82, 2.24) is 0 Å². The maximum atomic E-state index is 12.6. The summed E-state index contributed by atoms with van der Waals surface area (Å²) in [5.41, 5.74) is 8.02. The molecule has 5 nitrogen and oxygen atoms in total. The van der Waals surface area contributed by atoms with Gasteiger partial charge in [0, 0.05) is 12.2 Å². The fourth-order valence-corrected chi connectivity index (χ4v) is 2.64. The molecule has 0 fully saturated rings. The van der Waals surface area contributed by atoms with E-state index in [1.807, 2.05) is 13.8 Å². The van der Waals surface area contributed by atoms with Crippen molar-refractivity contribution in [2.45, 2.75) is 39.2 Å². The van der Waals surface area contributed by atoms with Gasteiger partial charge in [0.05, 0.1) is 11.6 Å². The lowest BCUT2D eigenvalue weighted by atomic mass is 9.95. The molecule has 1 aliphatic rings. The molecule has 0 saturated carbocycles. The molecule has 2 rings (SSSR count). The van der Waals surface area contributed by atoms with E-state index in [2.05, 4.69) is 0 Å². The first-order valence-corrected chi connectivity index (χ1v) is 7.38. The van der Waals surface area contributed by atoms with Gasteiger partial charge in [-0.05, 0) is 42.5 Å². The molecule has 114 valence electrons. The van der Waals surface area contributed by atoms with E-state index in [0.29, 0.717) is 6.54 Å². The molecule has 1 amide bonds. The van der Waals surface area contributed by atoms with Crippen molar-refractivity contribution >= 4 is 17.6 Å². The maximum Gasteiger partial charge on any atom is 0.335 e. The van der Waals surface area contributed by atoms with Crippen LogP contribution in [0.3, 0.4) is 0 Å². The van der Waals surface area contributed by atoms with Crippen LogP contribution in [0.2, 0.25) is 0 Å². The summed E-state index contributed by atoms with van der Waals surface area (Å²) in [6.45, 7) is 4.63. The molecule has 0 saturated heterocycles. The van der Waals surface area contributed by atoms with Gasteiger partial charge in [0.1, 0.15) is 0 Å². The van der Waals surface area contributed by atoms with Crippen LogP contribution in [0, 0.1) is 5.92 Å². The Hall–Kier alpha value is -1.88. The number of carboxylic acid groups (broad SMARTS) is 1. The molecule has 0 spiro atoms. The van der Waals surface area contributed by atoms with Crippen LogP contribution in [0.15, 0.2) is 18.2 Å². The van der Waals surface area contributed by atoms with E-state index in [9.17, 15) is 9.59 Å². The topological polar surface area (TPSA) is 83.6 Å². The van der Waals surface area contributed by atoms with Crippen LogP contribution in [0.25, 0.3) is 0 Å². The van der Waals surface area contributed by atoms with E-state index in [4.69, 9.17) is 10.8 Å². The van der Waals surface area contributed by atoms with Crippen molar-refractivity contribution in [2.75, 3.05) is 11.4 Å². The summed E-state index contributed by atoms with van der Waals surface area (Å²) < 4.78 is 0. The minimum Gasteiger partial charge on any atom is -0.478 e. The average Bonchev–Trinajstić information content (AvgIpc) is 2.51. The fourth-order valence-electron chi connectivity index (χ4n) is 2.64. The van der Waals surface area contributed by atoms with Crippen LogP contribution in [-0.2, 0) is 11.2 Å². The number of carbonyl (C=O) groups excluding carboxylic acids is 1. The van der Waals surface area contributed by atoms with Crippen molar-refractivity contribution < 1.29 is 14.7 Å². The van der Waals surface area contributed by atoms with Gasteiger partial charge in [-0.2, -0.15) is 0 Å². The standard InChI is InChI=1S/C16H22N2O3/c1-3-10(2)14(17)15(19)18-8-4-5-11-9-12(16(20)21)6-7-13(11)18/h6-7,9-10,14H,3-5,8,17H2,1-2H3,(H,20,21). The Morgan fingerprint density at radius 2 is 2.14 bits per heavy atom. The van der Waals surface area contributed by atoms with E-state index in [-0.39, 0.29) is 17.4 Å². The largest absolute Gasteiger partial charge is 0.478 e. The number of fused-ring (bicyclic) bond motifs is 1. The summed E-state index contributed by atoms with van der Waals surface area (Å²) in [5, 5.41) is 9.05. The monoisotopic (exact) mass is 290 g/mol. The Balaban J connectivity index is 2.30. The molecule has 1 aliphatic heterocycles. The van der Waals surface area contributed by atoms with E-state index < -0.39 is 12.0 Å². The van der Waals surface area contributed by atoms with Crippen LogP contribution in [0.4, 0.5) is 5.69 Å². The first kappa shape index (κ1) is 15.5. The predicted molar refractivity (Wildman–Crippen MR) is 81.5 cm³/mol. The fraction of sp³-hybridized carbons (Fsp3) is 0.500. The van der Waals surface area contributed by atoms with Crippen LogP contribution in [0.1, 0.15) is 42.6 Å². The van der Waals surface area contributed by atoms with Crippen molar-refractivity contribution in [1.29, 1.82) is 0 Å². The molecule has 1 aromatic carbocycles. The number of benzene rings is 1. The molecule has 2 atom stereocenters. The number of hydrogen-bond donors (Lipinski definition) is 2. The van der Waals surface area contributed by atoms with E-state index >= 15 is 0 Å². The van der Waals surface area contributed by atoms with Gasteiger partial charge in [0.2, 0.25) is 5.91 Å². The number of carbonyl (C=O) groups is 2. The second-order valence-corrected chi connectivity index (χ2v) is 5.65. The third-order valence-corrected chi connectivity index (χ3v) is 4.25. The normalized spacial score (nSPS) is 17.0. The van der Waals surface area contributed by atoms with Gasteiger partial charge >= 0.3 is 5.97 Å². The summed E-state index contributed by atoms with van der Waals surface area (Å²) in [4.78, 5) is 25.3. The lowest BCUT2D eigenvalue weighted by molar-refractivity contribution is -0.120. The second-order valence-electron chi connectivity index (χ2n) is 5.65. The number of rotatable bonds is 4. The molecule has 3 N–H and O–H groups in total. The second kappa shape index (κ2) is 6.26. The number of aromatic carboxylic acids is 1. The first-order chi connectivity index (χ1) is 9.95. The molecular weight excluding hydrogens is 268 g/mol. The molecule has 0 bridgehead atoms. The molecule has 0 aromatic heterocycles. The molecule has 0 radical (unpaired) electrons. The smallest absolute Gasteiger partial charge is 0.335 e. The van der Waals surface area contributed by atoms with Gasteiger partial charge in [0.25, 0.3) is 0 Å². The Morgan fingerprint density at radius 3 is 2.76 bits per heavy atom. The highest BCUT2D eigenvalue weighted by Crippen LogP contribution is 2.29. The molecule has 1 aromatic rings. The van der Waals surface area contributed by atoms with E-state index in [0.717, 1.165) is 30.5 Å². The molecular formula is C16H22N2O3. The summed E-state index contributed by atoms with van der Waals surface area (Å²) in [5.74, 6) is -0.896. The summed E-state index contributed by atoms with van der Waals surface area (Å²) >= 11 is 0. The summed E-state index contributed by atoms with van der Waals surface area (Å²) in [6, 6.07) is 4.41. The van der Waals surface area contributed by atoms with Crippen LogP contribution in [-0.4, -0.2) is 29.6 Å². The Bertz CT molecular complexity index is 556. The SMILES string of the molecule is CCC(C)C(N)C(=O)N1CCCc2cc(C(=O)O)ccc21. The number of nitrogens with zero attached hydrogens (tertiary/aromatic N) is 1. The Kier molecular flexibility index (Phi) is 4.63. The lowest BCUT2D eigenvalue weighted by Crippen LogP contribution is -2.48. The van der Waals surface area contributed by atoms with Gasteiger partial charge in [-0.1, -0.05) is 20.3 Å². The maximum absolute atomic E-state index is 12.6. The highest BCUT2D eigenvalue weighted by atomic mass is 16.4. The zero-order valence-corrected chi connectivity index (χ0v) is 12.5. The third kappa shape index (κ3) is 3.08. The zero-order valence-electron chi connectivity index (χ0n) is 12.5. The quantitative estimate of drug-likeness (QED) is 0.888. The number of carboxylic acids is 1. The van der Waals surface area contributed by atoms with Crippen molar-refractivity contribution in [3.8, 4) is 0 Å². The van der Waals surface area contributed by atoms with Gasteiger partial charge in [0.15, 0.2) is 0 Å². The number of aryl methyl sites for hydroxylation is 1. The molecule has 1 heterocycles. The van der Waals surface area contributed by atoms with Gasteiger partial charge in [-0.3, -0.25) is 4.79 Å².